The molecule has 0 spiro atoms. The minimum atomic E-state index is -0.314. The Labute approximate surface area is 162 Å². The molecule has 4 rings (SSSR count). The van der Waals surface area contributed by atoms with Crippen molar-refractivity contribution in [2.75, 3.05) is 5.32 Å². The van der Waals surface area contributed by atoms with Gasteiger partial charge in [-0.25, -0.2) is 4.39 Å². The normalized spacial score (nSPS) is 10.8. The monoisotopic (exact) mass is 458 g/mol. The Balaban J connectivity index is 1.62. The third-order valence-corrected chi connectivity index (χ3v) is 4.75. The lowest BCUT2D eigenvalue weighted by atomic mass is 10.2. The van der Waals surface area contributed by atoms with Crippen molar-refractivity contribution in [3.8, 4) is 5.69 Å². The maximum Gasteiger partial charge on any atom is 0.256 e. The molecule has 0 radical (unpaired) electrons. The summed E-state index contributed by atoms with van der Waals surface area (Å²) >= 11 is 2.13. The van der Waals surface area contributed by atoms with E-state index >= 15 is 0 Å². The van der Waals surface area contributed by atoms with Gasteiger partial charge in [-0.05, 0) is 77.2 Å². The molecule has 1 heterocycles. The molecule has 0 unspecified atom stereocenters. The van der Waals surface area contributed by atoms with Crippen molar-refractivity contribution in [2.24, 2.45) is 0 Å². The first-order valence-corrected chi connectivity index (χ1v) is 8.87. The maximum atomic E-state index is 13.1. The number of aromatic nitrogens is 3. The van der Waals surface area contributed by atoms with E-state index in [1.807, 2.05) is 18.2 Å². The van der Waals surface area contributed by atoms with Gasteiger partial charge in [-0.2, -0.15) is 4.80 Å². The average Bonchev–Trinajstić information content (AvgIpc) is 3.06. The van der Waals surface area contributed by atoms with Crippen LogP contribution in [0.2, 0.25) is 0 Å². The summed E-state index contributed by atoms with van der Waals surface area (Å²) in [5, 5.41) is 11.7. The molecular weight excluding hydrogens is 446 g/mol. The lowest BCUT2D eigenvalue weighted by molar-refractivity contribution is 0.102. The molecule has 26 heavy (non-hydrogen) atoms. The second kappa shape index (κ2) is 6.83. The van der Waals surface area contributed by atoms with Gasteiger partial charge in [0.1, 0.15) is 16.9 Å². The van der Waals surface area contributed by atoms with E-state index in [1.165, 1.54) is 16.9 Å². The van der Waals surface area contributed by atoms with E-state index < -0.39 is 0 Å². The first kappa shape index (κ1) is 16.6. The number of nitrogens with zero attached hydrogens (tertiary/aromatic N) is 3. The van der Waals surface area contributed by atoms with Gasteiger partial charge in [0.25, 0.3) is 5.91 Å². The number of benzene rings is 3. The van der Waals surface area contributed by atoms with E-state index in [0.29, 0.717) is 28.0 Å². The van der Waals surface area contributed by atoms with Crippen LogP contribution in [0.1, 0.15) is 10.4 Å². The summed E-state index contributed by atoms with van der Waals surface area (Å²) in [4.78, 5) is 13.9. The number of hydrogen-bond donors (Lipinski definition) is 1. The fourth-order valence-corrected chi connectivity index (χ4v) is 3.16. The molecule has 1 amide bonds. The van der Waals surface area contributed by atoms with Gasteiger partial charge in [-0.15, -0.1) is 10.2 Å². The molecule has 1 aromatic heterocycles. The first-order valence-electron chi connectivity index (χ1n) is 7.79. The summed E-state index contributed by atoms with van der Waals surface area (Å²) < 4.78 is 13.9. The Morgan fingerprint density at radius 1 is 0.962 bits per heavy atom. The fourth-order valence-electron chi connectivity index (χ4n) is 2.53. The number of anilines is 1. The lowest BCUT2D eigenvalue weighted by Gasteiger charge is -2.06. The van der Waals surface area contributed by atoms with E-state index in [2.05, 4.69) is 38.1 Å². The molecule has 7 heteroatoms. The summed E-state index contributed by atoms with van der Waals surface area (Å²) in [5.41, 5.74) is 3.22. The van der Waals surface area contributed by atoms with Gasteiger partial charge in [0.2, 0.25) is 0 Å². The lowest BCUT2D eigenvalue weighted by Crippen LogP contribution is -2.13. The van der Waals surface area contributed by atoms with Crippen molar-refractivity contribution >= 4 is 45.2 Å². The average molecular weight is 458 g/mol. The number of halogens is 2. The summed E-state index contributed by atoms with van der Waals surface area (Å²) in [6.07, 6.45) is 0. The van der Waals surface area contributed by atoms with Crippen LogP contribution in [-0.4, -0.2) is 20.9 Å². The molecule has 0 aliphatic heterocycles. The smallest absolute Gasteiger partial charge is 0.256 e. The highest BCUT2D eigenvalue weighted by atomic mass is 127. The van der Waals surface area contributed by atoms with Crippen LogP contribution in [-0.2, 0) is 0 Å². The number of carbonyl (C=O) groups excluding carboxylic acids is 1. The molecule has 1 N–H and O–H groups in total. The molecule has 4 aromatic rings. The maximum absolute atomic E-state index is 13.1. The van der Waals surface area contributed by atoms with Gasteiger partial charge >= 0.3 is 0 Å². The second-order valence-electron chi connectivity index (χ2n) is 5.60. The quantitative estimate of drug-likeness (QED) is 0.463. The van der Waals surface area contributed by atoms with Crippen molar-refractivity contribution in [3.63, 3.8) is 0 Å². The molecule has 3 aromatic carbocycles. The number of carbonyl (C=O) groups is 1. The van der Waals surface area contributed by atoms with Gasteiger partial charge in [0, 0.05) is 9.26 Å². The zero-order chi connectivity index (χ0) is 18.1. The fraction of sp³-hybridized carbons (Fsp3) is 0. The zero-order valence-corrected chi connectivity index (χ0v) is 15.5. The molecule has 5 nitrogen and oxygen atoms in total. The Hall–Kier alpha value is -2.81. The molecule has 0 aliphatic carbocycles. The van der Waals surface area contributed by atoms with Crippen LogP contribution in [0.4, 0.5) is 10.1 Å². The molecule has 0 atom stereocenters. The molecular formula is C19H12FIN4O. The minimum Gasteiger partial charge on any atom is -0.322 e. The second-order valence-corrected chi connectivity index (χ2v) is 6.77. The number of fused-ring (bicyclic) bond motifs is 1. The van der Waals surface area contributed by atoms with Crippen LogP contribution >= 0.6 is 22.6 Å². The van der Waals surface area contributed by atoms with Gasteiger partial charge in [-0.1, -0.05) is 12.1 Å². The highest BCUT2D eigenvalue weighted by Crippen LogP contribution is 2.19. The molecule has 128 valence electrons. The van der Waals surface area contributed by atoms with Crippen LogP contribution in [0.5, 0.6) is 0 Å². The number of amides is 1. The van der Waals surface area contributed by atoms with E-state index in [4.69, 9.17) is 0 Å². The number of nitrogens with one attached hydrogen (secondary N) is 1. The van der Waals surface area contributed by atoms with Gasteiger partial charge in [-0.3, -0.25) is 4.79 Å². The van der Waals surface area contributed by atoms with Crippen LogP contribution in [0.25, 0.3) is 16.7 Å². The van der Waals surface area contributed by atoms with Crippen molar-refractivity contribution in [1.29, 1.82) is 0 Å². The van der Waals surface area contributed by atoms with Crippen LogP contribution in [0, 0.1) is 9.39 Å². The highest BCUT2D eigenvalue weighted by molar-refractivity contribution is 14.1. The van der Waals surface area contributed by atoms with Crippen molar-refractivity contribution < 1.29 is 9.18 Å². The molecule has 0 saturated heterocycles. The van der Waals surface area contributed by atoms with Crippen molar-refractivity contribution in [1.82, 2.24) is 15.0 Å². The third-order valence-electron chi connectivity index (χ3n) is 3.81. The largest absolute Gasteiger partial charge is 0.322 e. The summed E-state index contributed by atoms with van der Waals surface area (Å²) in [7, 11) is 0. The Bertz CT molecular complexity index is 1110. The summed E-state index contributed by atoms with van der Waals surface area (Å²) in [6, 6.07) is 18.6. The van der Waals surface area contributed by atoms with Crippen LogP contribution < -0.4 is 5.32 Å². The van der Waals surface area contributed by atoms with Crippen molar-refractivity contribution in [2.45, 2.75) is 0 Å². The van der Waals surface area contributed by atoms with Crippen LogP contribution in [0.3, 0.4) is 0 Å². The van der Waals surface area contributed by atoms with E-state index in [-0.39, 0.29) is 11.7 Å². The summed E-state index contributed by atoms with van der Waals surface area (Å²) in [5.74, 6) is -0.494. The molecule has 0 aliphatic rings. The van der Waals surface area contributed by atoms with E-state index in [0.717, 1.165) is 3.57 Å². The standard InChI is InChI=1S/C19H12FIN4O/c20-12-5-8-14(9-6-12)25-23-17-10-7-13(11-18(17)24-25)22-19(26)15-3-1-2-4-16(15)21/h1-11H,(H,22,26). The third kappa shape index (κ3) is 3.30. The van der Waals surface area contributed by atoms with E-state index in [9.17, 15) is 9.18 Å². The number of rotatable bonds is 3. The molecule has 0 fully saturated rings. The molecule has 0 bridgehead atoms. The minimum absolute atomic E-state index is 0.180. The Kier molecular flexibility index (Phi) is 4.37. The number of hydrogen-bond acceptors (Lipinski definition) is 3. The van der Waals surface area contributed by atoms with Gasteiger partial charge in [0.05, 0.1) is 11.3 Å². The predicted molar refractivity (Wildman–Crippen MR) is 106 cm³/mol. The Morgan fingerprint density at radius 3 is 2.46 bits per heavy atom. The van der Waals surface area contributed by atoms with Gasteiger partial charge in [0.15, 0.2) is 0 Å². The van der Waals surface area contributed by atoms with Gasteiger partial charge < -0.3 is 5.32 Å². The molecule has 0 saturated carbocycles. The summed E-state index contributed by atoms with van der Waals surface area (Å²) in [6.45, 7) is 0. The first-order chi connectivity index (χ1) is 12.6. The topological polar surface area (TPSA) is 59.8 Å². The van der Waals surface area contributed by atoms with E-state index in [1.54, 1.807) is 36.4 Å². The highest BCUT2D eigenvalue weighted by Gasteiger charge is 2.11. The van der Waals surface area contributed by atoms with Crippen LogP contribution in [0.15, 0.2) is 66.7 Å². The SMILES string of the molecule is O=C(Nc1ccc2nn(-c3ccc(F)cc3)nc2c1)c1ccccc1I. The van der Waals surface area contributed by atoms with Crippen molar-refractivity contribution in [3.05, 3.63) is 81.7 Å². The predicted octanol–water partition coefficient (Wildman–Crippen LogP) is 4.42. The zero-order valence-electron chi connectivity index (χ0n) is 13.4. The Morgan fingerprint density at radius 2 is 1.69 bits per heavy atom.